The third-order valence-corrected chi connectivity index (χ3v) is 11.0. The van der Waals surface area contributed by atoms with Gasteiger partial charge in [0, 0.05) is 6.42 Å². The fourth-order valence-corrected chi connectivity index (χ4v) is 9.52. The van der Waals surface area contributed by atoms with Crippen LogP contribution in [0, 0.1) is 46.3 Å². The lowest BCUT2D eigenvalue weighted by Gasteiger charge is -2.61. The molecular weight excluding hydrogens is 416 g/mol. The van der Waals surface area contributed by atoms with Crippen molar-refractivity contribution < 1.29 is 27.1 Å². The highest BCUT2D eigenvalue weighted by Crippen LogP contribution is 2.68. The van der Waals surface area contributed by atoms with Crippen LogP contribution in [0.25, 0.3) is 0 Å². The Hall–Kier alpha value is -0.660. The molecular formula is C24H40O6S. The maximum Gasteiger partial charge on any atom is 0.397 e. The average molecular weight is 457 g/mol. The van der Waals surface area contributed by atoms with Gasteiger partial charge in [-0.3, -0.25) is 9.35 Å². The molecule has 0 heterocycles. The number of hydrogen-bond acceptors (Lipinski definition) is 4. The third-order valence-electron chi connectivity index (χ3n) is 10.4. The summed E-state index contributed by atoms with van der Waals surface area (Å²) in [6.07, 6.45) is 10.4. The van der Waals surface area contributed by atoms with Crippen LogP contribution in [-0.2, 0) is 19.4 Å². The van der Waals surface area contributed by atoms with E-state index < -0.39 is 16.4 Å². The quantitative estimate of drug-likeness (QED) is 0.524. The van der Waals surface area contributed by atoms with Gasteiger partial charge in [0.25, 0.3) is 0 Å². The van der Waals surface area contributed by atoms with E-state index in [1.165, 1.54) is 32.1 Å². The van der Waals surface area contributed by atoms with Crippen molar-refractivity contribution in [3.63, 3.8) is 0 Å². The first kappa shape index (κ1) is 23.5. The maximum absolute atomic E-state index is 11.2. The van der Waals surface area contributed by atoms with E-state index in [0.717, 1.165) is 37.5 Å². The van der Waals surface area contributed by atoms with Crippen LogP contribution in [0.1, 0.15) is 91.4 Å². The first-order chi connectivity index (χ1) is 14.4. The van der Waals surface area contributed by atoms with Gasteiger partial charge in [0.2, 0.25) is 0 Å². The maximum atomic E-state index is 11.2. The largest absolute Gasteiger partial charge is 0.481 e. The topological polar surface area (TPSA) is 101 Å². The SMILES string of the molecule is C[C@H](CCC(=O)O)[C@H]1CC[C@H]2[C@@H]3CCC4C[C@H](OS(=O)(=O)O)CC[C@]4(C)[C@H]3CC[C@]12C. The summed E-state index contributed by atoms with van der Waals surface area (Å²) >= 11 is 0. The summed E-state index contributed by atoms with van der Waals surface area (Å²) < 4.78 is 36.5. The lowest BCUT2D eigenvalue weighted by atomic mass is 9.44. The van der Waals surface area contributed by atoms with Gasteiger partial charge < -0.3 is 5.11 Å². The zero-order valence-corrected chi connectivity index (χ0v) is 20.1. The van der Waals surface area contributed by atoms with Crippen LogP contribution in [0.4, 0.5) is 0 Å². The Morgan fingerprint density at radius 2 is 1.71 bits per heavy atom. The van der Waals surface area contributed by atoms with Gasteiger partial charge in [0.05, 0.1) is 6.10 Å². The summed E-state index contributed by atoms with van der Waals surface area (Å²) in [4.78, 5) is 11.1. The Bertz CT molecular complexity index is 796. The van der Waals surface area contributed by atoms with Crippen LogP contribution in [0.15, 0.2) is 0 Å². The number of aliphatic carboxylic acids is 1. The number of fused-ring (bicyclic) bond motifs is 5. The Morgan fingerprint density at radius 1 is 1.03 bits per heavy atom. The number of carbonyl (C=O) groups is 1. The van der Waals surface area contributed by atoms with Crippen LogP contribution in [-0.4, -0.2) is 30.2 Å². The van der Waals surface area contributed by atoms with Crippen molar-refractivity contribution in [1.82, 2.24) is 0 Å². The molecule has 4 fully saturated rings. The number of carboxylic acid groups (broad SMARTS) is 1. The van der Waals surface area contributed by atoms with Crippen LogP contribution >= 0.6 is 0 Å². The molecule has 2 N–H and O–H groups in total. The van der Waals surface area contributed by atoms with E-state index in [0.29, 0.717) is 35.5 Å². The lowest BCUT2D eigenvalue weighted by molar-refractivity contribution is -0.138. The van der Waals surface area contributed by atoms with E-state index >= 15 is 0 Å². The van der Waals surface area contributed by atoms with E-state index in [4.69, 9.17) is 13.8 Å². The summed E-state index contributed by atoms with van der Waals surface area (Å²) in [5.74, 6) is 3.01. The van der Waals surface area contributed by atoms with Gasteiger partial charge in [0.1, 0.15) is 0 Å². The van der Waals surface area contributed by atoms with Crippen molar-refractivity contribution in [2.24, 2.45) is 46.3 Å². The minimum Gasteiger partial charge on any atom is -0.481 e. The first-order valence-corrected chi connectivity index (χ1v) is 13.7. The van der Waals surface area contributed by atoms with Gasteiger partial charge in [-0.1, -0.05) is 20.8 Å². The molecule has 4 rings (SSSR count). The van der Waals surface area contributed by atoms with Crippen molar-refractivity contribution in [2.75, 3.05) is 0 Å². The molecule has 0 aromatic heterocycles. The van der Waals surface area contributed by atoms with Gasteiger partial charge in [-0.15, -0.1) is 0 Å². The lowest BCUT2D eigenvalue weighted by Crippen LogP contribution is -2.54. The van der Waals surface area contributed by atoms with E-state index in [1.807, 2.05) is 0 Å². The molecule has 0 aliphatic heterocycles. The molecule has 7 heteroatoms. The predicted molar refractivity (Wildman–Crippen MR) is 118 cm³/mol. The molecule has 178 valence electrons. The molecule has 0 bridgehead atoms. The van der Waals surface area contributed by atoms with E-state index in [1.54, 1.807) is 0 Å². The fraction of sp³-hybridized carbons (Fsp3) is 0.958. The van der Waals surface area contributed by atoms with Crippen molar-refractivity contribution in [2.45, 2.75) is 97.5 Å². The highest BCUT2D eigenvalue weighted by Gasteiger charge is 2.60. The minimum absolute atomic E-state index is 0.232. The predicted octanol–water partition coefficient (Wildman–Crippen LogP) is 5.33. The molecule has 0 aromatic carbocycles. The standard InChI is InChI=1S/C24H40O6S/c1-15(4-9-22(25)26)19-7-8-20-18-6-5-16-14-17(30-31(27,28)29)10-12-23(16,2)21(18)11-13-24(19,20)3/h15-21H,4-14H2,1-3H3,(H,25,26)(H,27,28,29)/t15-,16?,17-,18+,19-,20+,21+,23+,24-/m1/s1. The van der Waals surface area contributed by atoms with Gasteiger partial charge >= 0.3 is 16.4 Å². The monoisotopic (exact) mass is 456 g/mol. The van der Waals surface area contributed by atoms with Gasteiger partial charge in [-0.05, 0) is 111 Å². The Morgan fingerprint density at radius 3 is 2.39 bits per heavy atom. The summed E-state index contributed by atoms with van der Waals surface area (Å²) in [5.41, 5.74) is 0.559. The second kappa shape index (κ2) is 8.28. The number of carboxylic acids is 1. The van der Waals surface area contributed by atoms with Crippen molar-refractivity contribution in [1.29, 1.82) is 0 Å². The molecule has 1 unspecified atom stereocenters. The second-order valence-corrected chi connectivity index (χ2v) is 12.8. The van der Waals surface area contributed by atoms with Gasteiger partial charge in [0.15, 0.2) is 0 Å². The fourth-order valence-electron chi connectivity index (χ4n) is 9.01. The molecule has 4 aliphatic rings. The molecule has 9 atom stereocenters. The Labute approximate surface area is 187 Å². The summed E-state index contributed by atoms with van der Waals surface area (Å²) in [6, 6.07) is 0. The highest BCUT2D eigenvalue weighted by atomic mass is 32.3. The Balaban J connectivity index is 1.47. The summed E-state index contributed by atoms with van der Waals surface area (Å²) in [7, 11) is -4.39. The molecule has 0 radical (unpaired) electrons. The molecule has 0 spiro atoms. The molecule has 6 nitrogen and oxygen atoms in total. The van der Waals surface area contributed by atoms with Crippen molar-refractivity contribution in [3.05, 3.63) is 0 Å². The van der Waals surface area contributed by atoms with Gasteiger partial charge in [-0.25, -0.2) is 4.18 Å². The molecule has 0 amide bonds. The molecule has 4 saturated carbocycles. The Kier molecular flexibility index (Phi) is 6.28. The second-order valence-electron chi connectivity index (χ2n) is 11.7. The van der Waals surface area contributed by atoms with Crippen molar-refractivity contribution in [3.8, 4) is 0 Å². The van der Waals surface area contributed by atoms with E-state index in [2.05, 4.69) is 20.8 Å². The van der Waals surface area contributed by atoms with Crippen LogP contribution in [0.5, 0.6) is 0 Å². The van der Waals surface area contributed by atoms with E-state index in [-0.39, 0.29) is 17.9 Å². The summed E-state index contributed by atoms with van der Waals surface area (Å²) in [6.45, 7) is 7.19. The van der Waals surface area contributed by atoms with Crippen LogP contribution in [0.2, 0.25) is 0 Å². The van der Waals surface area contributed by atoms with Crippen LogP contribution in [0.3, 0.4) is 0 Å². The highest BCUT2D eigenvalue weighted by molar-refractivity contribution is 7.80. The normalized spacial score (nSPS) is 45.9. The molecule has 0 aromatic rings. The van der Waals surface area contributed by atoms with Crippen molar-refractivity contribution >= 4 is 16.4 Å². The zero-order chi connectivity index (χ0) is 22.6. The average Bonchev–Trinajstić information content (AvgIpc) is 3.02. The molecule has 0 saturated heterocycles. The molecule has 4 aliphatic carbocycles. The van der Waals surface area contributed by atoms with Crippen LogP contribution < -0.4 is 0 Å². The molecule has 31 heavy (non-hydrogen) atoms. The number of hydrogen-bond donors (Lipinski definition) is 2. The number of rotatable bonds is 6. The van der Waals surface area contributed by atoms with Gasteiger partial charge in [-0.2, -0.15) is 8.42 Å². The minimum atomic E-state index is -4.39. The third kappa shape index (κ3) is 4.31. The zero-order valence-electron chi connectivity index (χ0n) is 19.3. The van der Waals surface area contributed by atoms with E-state index in [9.17, 15) is 13.2 Å². The summed E-state index contributed by atoms with van der Waals surface area (Å²) in [5, 5.41) is 9.12. The first-order valence-electron chi connectivity index (χ1n) is 12.3. The smallest absolute Gasteiger partial charge is 0.397 e.